The van der Waals surface area contributed by atoms with Gasteiger partial charge in [-0.3, -0.25) is 4.90 Å². The highest BCUT2D eigenvalue weighted by Crippen LogP contribution is 2.14. The van der Waals surface area contributed by atoms with Crippen LogP contribution in [0.15, 0.2) is 27.8 Å². The Morgan fingerprint density at radius 1 is 1.38 bits per heavy atom. The molecule has 0 aromatic carbocycles. The monoisotopic (exact) mass is 306 g/mol. The first-order chi connectivity index (χ1) is 9.90. The molecule has 1 aromatic heterocycles. The Balaban J connectivity index is 2.35. The third-order valence-electron chi connectivity index (χ3n) is 2.55. The van der Waals surface area contributed by atoms with Gasteiger partial charge in [0.2, 0.25) is 0 Å². The van der Waals surface area contributed by atoms with Gasteiger partial charge in [0.25, 0.3) is 0 Å². The minimum absolute atomic E-state index is 0.269. The van der Waals surface area contributed by atoms with Crippen LogP contribution in [-0.2, 0) is 6.54 Å². The molecule has 21 heavy (non-hydrogen) atoms. The largest absolute Gasteiger partial charge is 0.467 e. The second kappa shape index (κ2) is 8.56. The number of guanidine groups is 1. The minimum atomic E-state index is -4.17. The van der Waals surface area contributed by atoms with Crippen molar-refractivity contribution in [2.24, 2.45) is 4.99 Å². The van der Waals surface area contributed by atoms with E-state index in [9.17, 15) is 13.2 Å². The van der Waals surface area contributed by atoms with Crippen LogP contribution in [0.1, 0.15) is 12.7 Å². The maximum atomic E-state index is 12.2. The summed E-state index contributed by atoms with van der Waals surface area (Å²) in [6.45, 7) is 2.68. The minimum Gasteiger partial charge on any atom is -0.467 e. The normalized spacial score (nSPS) is 12.8. The summed E-state index contributed by atoms with van der Waals surface area (Å²) in [4.78, 5) is 5.50. The fourth-order valence-electron chi connectivity index (χ4n) is 1.65. The molecule has 0 aliphatic rings. The number of hydrogen-bond acceptors (Lipinski definition) is 3. The lowest BCUT2D eigenvalue weighted by Crippen LogP contribution is -2.42. The molecule has 0 amide bonds. The molecule has 0 saturated heterocycles. The van der Waals surface area contributed by atoms with E-state index in [1.165, 1.54) is 11.9 Å². The van der Waals surface area contributed by atoms with E-state index in [0.717, 1.165) is 5.76 Å². The summed E-state index contributed by atoms with van der Waals surface area (Å²) >= 11 is 0. The molecule has 120 valence electrons. The van der Waals surface area contributed by atoms with Crippen molar-refractivity contribution in [2.45, 2.75) is 19.6 Å². The molecule has 1 heterocycles. The third kappa shape index (κ3) is 8.23. The third-order valence-corrected chi connectivity index (χ3v) is 2.55. The van der Waals surface area contributed by atoms with Crippen molar-refractivity contribution in [3.05, 3.63) is 24.2 Å². The van der Waals surface area contributed by atoms with E-state index >= 15 is 0 Å². The van der Waals surface area contributed by atoms with Gasteiger partial charge in [0.1, 0.15) is 12.3 Å². The number of halogens is 3. The fraction of sp³-hybridized carbons (Fsp3) is 0.615. The SMILES string of the molecule is CCNC(=NCc1ccco1)NCCN(C)CC(F)(F)F. The number of nitrogens with one attached hydrogen (secondary N) is 2. The summed E-state index contributed by atoms with van der Waals surface area (Å²) in [5, 5.41) is 6.01. The van der Waals surface area contributed by atoms with Crippen LogP contribution in [0.5, 0.6) is 0 Å². The Morgan fingerprint density at radius 3 is 2.71 bits per heavy atom. The van der Waals surface area contributed by atoms with Gasteiger partial charge in [-0.2, -0.15) is 13.2 Å². The van der Waals surface area contributed by atoms with E-state index in [2.05, 4.69) is 15.6 Å². The molecule has 0 bridgehead atoms. The molecule has 1 aromatic rings. The summed E-state index contributed by atoms with van der Waals surface area (Å²) in [6, 6.07) is 3.58. The molecule has 0 radical (unpaired) electrons. The lowest BCUT2D eigenvalue weighted by molar-refractivity contribution is -0.142. The molecule has 0 fully saturated rings. The lowest BCUT2D eigenvalue weighted by Gasteiger charge is -2.19. The van der Waals surface area contributed by atoms with Gasteiger partial charge >= 0.3 is 6.18 Å². The zero-order valence-corrected chi connectivity index (χ0v) is 12.2. The number of aliphatic imine (C=N–C) groups is 1. The first kappa shape index (κ1) is 17.4. The van der Waals surface area contributed by atoms with Gasteiger partial charge in [0, 0.05) is 19.6 Å². The van der Waals surface area contributed by atoms with Crippen LogP contribution in [0.2, 0.25) is 0 Å². The first-order valence-electron chi connectivity index (χ1n) is 6.70. The van der Waals surface area contributed by atoms with Crippen LogP contribution in [0.4, 0.5) is 13.2 Å². The summed E-state index contributed by atoms with van der Waals surface area (Å²) in [7, 11) is 1.43. The Bertz CT molecular complexity index is 418. The van der Waals surface area contributed by atoms with Crippen molar-refractivity contribution in [1.82, 2.24) is 15.5 Å². The van der Waals surface area contributed by atoms with Gasteiger partial charge in [-0.05, 0) is 26.1 Å². The van der Waals surface area contributed by atoms with Crippen LogP contribution in [0, 0.1) is 0 Å². The molecule has 1 rings (SSSR count). The Labute approximate surface area is 122 Å². The molecule has 5 nitrogen and oxygen atoms in total. The smallest absolute Gasteiger partial charge is 0.401 e. The Morgan fingerprint density at radius 2 is 2.14 bits per heavy atom. The molecule has 0 saturated carbocycles. The van der Waals surface area contributed by atoms with Crippen molar-refractivity contribution >= 4 is 5.96 Å². The predicted molar refractivity (Wildman–Crippen MR) is 75.1 cm³/mol. The lowest BCUT2D eigenvalue weighted by atomic mass is 10.4. The van der Waals surface area contributed by atoms with Crippen molar-refractivity contribution in [2.75, 3.05) is 33.2 Å². The van der Waals surface area contributed by atoms with E-state index in [4.69, 9.17) is 4.42 Å². The maximum absolute atomic E-state index is 12.2. The predicted octanol–water partition coefficient (Wildman–Crippen LogP) is 1.83. The quantitative estimate of drug-likeness (QED) is 0.596. The number of furan rings is 1. The summed E-state index contributed by atoms with van der Waals surface area (Å²) in [5.74, 6) is 1.27. The highest BCUT2D eigenvalue weighted by molar-refractivity contribution is 5.79. The average molecular weight is 306 g/mol. The van der Waals surface area contributed by atoms with Crippen molar-refractivity contribution in [1.29, 1.82) is 0 Å². The summed E-state index contributed by atoms with van der Waals surface area (Å²) in [5.41, 5.74) is 0. The number of rotatable bonds is 7. The van der Waals surface area contributed by atoms with E-state index in [1.54, 1.807) is 12.3 Å². The Kier molecular flexibility index (Phi) is 7.07. The zero-order chi connectivity index (χ0) is 15.7. The van der Waals surface area contributed by atoms with E-state index < -0.39 is 12.7 Å². The molecular formula is C13H21F3N4O. The van der Waals surface area contributed by atoms with Crippen LogP contribution in [0.3, 0.4) is 0 Å². The zero-order valence-electron chi connectivity index (χ0n) is 12.2. The standard InChI is InChI=1S/C13H21F3N4O/c1-3-17-12(19-9-11-5-4-8-21-11)18-6-7-20(2)10-13(14,15)16/h4-5,8H,3,6-7,9-10H2,1-2H3,(H2,17,18,19). The fourth-order valence-corrected chi connectivity index (χ4v) is 1.65. The van der Waals surface area contributed by atoms with Gasteiger partial charge in [-0.1, -0.05) is 0 Å². The van der Waals surface area contributed by atoms with Crippen LogP contribution in [0.25, 0.3) is 0 Å². The average Bonchev–Trinajstić information content (AvgIpc) is 2.86. The highest BCUT2D eigenvalue weighted by Gasteiger charge is 2.28. The molecular weight excluding hydrogens is 285 g/mol. The number of nitrogens with zero attached hydrogens (tertiary/aromatic N) is 2. The van der Waals surface area contributed by atoms with Gasteiger partial charge in [-0.15, -0.1) is 0 Å². The second-order valence-corrected chi connectivity index (χ2v) is 4.55. The van der Waals surface area contributed by atoms with E-state index in [-0.39, 0.29) is 6.54 Å². The van der Waals surface area contributed by atoms with E-state index in [0.29, 0.717) is 25.6 Å². The molecule has 0 spiro atoms. The van der Waals surface area contributed by atoms with Crippen molar-refractivity contribution in [3.8, 4) is 0 Å². The van der Waals surface area contributed by atoms with Gasteiger partial charge < -0.3 is 15.1 Å². The Hall–Kier alpha value is -1.70. The molecule has 0 atom stereocenters. The second-order valence-electron chi connectivity index (χ2n) is 4.55. The van der Waals surface area contributed by atoms with Crippen LogP contribution < -0.4 is 10.6 Å². The van der Waals surface area contributed by atoms with Crippen LogP contribution >= 0.6 is 0 Å². The van der Waals surface area contributed by atoms with Crippen molar-refractivity contribution < 1.29 is 17.6 Å². The van der Waals surface area contributed by atoms with Crippen LogP contribution in [-0.4, -0.2) is 50.3 Å². The first-order valence-corrected chi connectivity index (χ1v) is 6.70. The number of hydrogen-bond donors (Lipinski definition) is 2. The molecule has 8 heteroatoms. The van der Waals surface area contributed by atoms with Gasteiger partial charge in [-0.25, -0.2) is 4.99 Å². The molecule has 0 aliphatic carbocycles. The van der Waals surface area contributed by atoms with Gasteiger partial charge in [0.15, 0.2) is 5.96 Å². The number of likely N-dealkylation sites (N-methyl/N-ethyl adjacent to an activating group) is 1. The number of alkyl halides is 3. The van der Waals surface area contributed by atoms with E-state index in [1.807, 2.05) is 13.0 Å². The molecule has 0 aliphatic heterocycles. The summed E-state index contributed by atoms with van der Waals surface area (Å²) < 4.78 is 41.7. The maximum Gasteiger partial charge on any atom is 0.401 e. The molecule has 2 N–H and O–H groups in total. The van der Waals surface area contributed by atoms with Gasteiger partial charge in [0.05, 0.1) is 12.8 Å². The van der Waals surface area contributed by atoms with Crippen molar-refractivity contribution in [3.63, 3.8) is 0 Å². The topological polar surface area (TPSA) is 52.8 Å². The summed E-state index contributed by atoms with van der Waals surface area (Å²) in [6.07, 6.45) is -2.61. The molecule has 0 unspecified atom stereocenters. The highest BCUT2D eigenvalue weighted by atomic mass is 19.4.